The van der Waals surface area contributed by atoms with Crippen molar-refractivity contribution in [1.82, 2.24) is 0 Å². The summed E-state index contributed by atoms with van der Waals surface area (Å²) in [5.41, 5.74) is 0.308. The summed E-state index contributed by atoms with van der Waals surface area (Å²) in [6.07, 6.45) is 3.94. The number of rotatable bonds is 5. The Kier molecular flexibility index (Phi) is 4.17. The molecule has 10 heavy (non-hydrogen) atoms. The predicted octanol–water partition coefficient (Wildman–Crippen LogP) is 2.97. The third-order valence-corrected chi connectivity index (χ3v) is 1.52. The van der Waals surface area contributed by atoms with Gasteiger partial charge in [-0.25, -0.2) is 0 Å². The molecule has 1 nitrogen and oxygen atoms in total. The largest absolute Gasteiger partial charge is 0.501 e. The number of hydrogen-bond acceptors (Lipinski definition) is 1. The summed E-state index contributed by atoms with van der Waals surface area (Å²) in [6.45, 7) is 10.9. The van der Waals surface area contributed by atoms with E-state index in [1.54, 1.807) is 0 Å². The first-order valence-corrected chi connectivity index (χ1v) is 3.85. The molecule has 0 fully saturated rings. The standard InChI is InChI=1S/C9H18O/c1-5-7-9(3,4)8-10-6-2/h6H,2,5,7-8H2,1,3-4H3. The van der Waals surface area contributed by atoms with Gasteiger partial charge in [0.05, 0.1) is 12.9 Å². The van der Waals surface area contributed by atoms with Crippen molar-refractivity contribution in [2.24, 2.45) is 5.41 Å². The van der Waals surface area contributed by atoms with Crippen LogP contribution < -0.4 is 0 Å². The molecule has 0 heterocycles. The van der Waals surface area contributed by atoms with Gasteiger partial charge in [0.25, 0.3) is 0 Å². The molecule has 0 aromatic heterocycles. The van der Waals surface area contributed by atoms with Gasteiger partial charge in [-0.2, -0.15) is 0 Å². The number of ether oxygens (including phenoxy) is 1. The Bertz CT molecular complexity index is 94.9. The van der Waals surface area contributed by atoms with Gasteiger partial charge in [0, 0.05) is 0 Å². The molecule has 0 aliphatic carbocycles. The summed E-state index contributed by atoms with van der Waals surface area (Å²) >= 11 is 0. The van der Waals surface area contributed by atoms with Crippen molar-refractivity contribution >= 4 is 0 Å². The van der Waals surface area contributed by atoms with Crippen molar-refractivity contribution < 1.29 is 4.74 Å². The Morgan fingerprint density at radius 1 is 1.50 bits per heavy atom. The lowest BCUT2D eigenvalue weighted by molar-refractivity contribution is 0.129. The summed E-state index contributed by atoms with van der Waals surface area (Å²) in [6, 6.07) is 0. The maximum Gasteiger partial charge on any atom is 0.0923 e. The van der Waals surface area contributed by atoms with Crippen molar-refractivity contribution in [3.8, 4) is 0 Å². The van der Waals surface area contributed by atoms with E-state index in [0.717, 1.165) is 6.61 Å². The minimum absolute atomic E-state index is 0.308. The molecule has 0 unspecified atom stereocenters. The Balaban J connectivity index is 3.51. The second kappa shape index (κ2) is 4.37. The lowest BCUT2D eigenvalue weighted by Crippen LogP contribution is -2.17. The molecule has 0 rings (SSSR count). The van der Waals surface area contributed by atoms with E-state index < -0.39 is 0 Å². The van der Waals surface area contributed by atoms with Crippen LogP contribution in [0.1, 0.15) is 33.6 Å². The van der Waals surface area contributed by atoms with Crippen LogP contribution in [-0.2, 0) is 4.74 Å². The predicted molar refractivity (Wildman–Crippen MR) is 44.8 cm³/mol. The Morgan fingerprint density at radius 3 is 2.50 bits per heavy atom. The van der Waals surface area contributed by atoms with Gasteiger partial charge >= 0.3 is 0 Å². The fraction of sp³-hybridized carbons (Fsp3) is 0.778. The molecule has 0 aromatic carbocycles. The van der Waals surface area contributed by atoms with E-state index in [1.165, 1.54) is 19.1 Å². The van der Waals surface area contributed by atoms with Crippen molar-refractivity contribution in [1.29, 1.82) is 0 Å². The molecule has 0 saturated heterocycles. The number of hydrogen-bond donors (Lipinski definition) is 0. The van der Waals surface area contributed by atoms with Crippen LogP contribution in [0, 0.1) is 5.41 Å². The highest BCUT2D eigenvalue weighted by Crippen LogP contribution is 2.21. The molecular formula is C9H18O. The van der Waals surface area contributed by atoms with Crippen LogP contribution in [-0.4, -0.2) is 6.61 Å². The monoisotopic (exact) mass is 142 g/mol. The zero-order valence-corrected chi connectivity index (χ0v) is 7.31. The van der Waals surface area contributed by atoms with Gasteiger partial charge in [-0.1, -0.05) is 33.8 Å². The average Bonchev–Trinajstić information content (AvgIpc) is 1.84. The van der Waals surface area contributed by atoms with E-state index in [-0.39, 0.29) is 0 Å². The molecule has 0 bridgehead atoms. The normalized spacial score (nSPS) is 11.1. The van der Waals surface area contributed by atoms with Crippen LogP contribution >= 0.6 is 0 Å². The van der Waals surface area contributed by atoms with Gasteiger partial charge < -0.3 is 4.74 Å². The van der Waals surface area contributed by atoms with Crippen LogP contribution in [0.15, 0.2) is 12.8 Å². The van der Waals surface area contributed by atoms with E-state index >= 15 is 0 Å². The van der Waals surface area contributed by atoms with Crippen LogP contribution in [0.5, 0.6) is 0 Å². The summed E-state index contributed by atoms with van der Waals surface area (Å²) in [4.78, 5) is 0. The van der Waals surface area contributed by atoms with Crippen LogP contribution in [0.4, 0.5) is 0 Å². The molecule has 0 amide bonds. The molecule has 0 spiro atoms. The fourth-order valence-corrected chi connectivity index (χ4v) is 1.03. The highest BCUT2D eigenvalue weighted by Gasteiger charge is 2.15. The summed E-state index contributed by atoms with van der Waals surface area (Å²) < 4.78 is 5.11. The van der Waals surface area contributed by atoms with Gasteiger partial charge in [-0.3, -0.25) is 0 Å². The zero-order valence-electron chi connectivity index (χ0n) is 7.31. The minimum atomic E-state index is 0.308. The maximum absolute atomic E-state index is 5.11. The highest BCUT2D eigenvalue weighted by atomic mass is 16.5. The Labute approximate surface area is 64.1 Å². The lowest BCUT2D eigenvalue weighted by atomic mass is 9.89. The minimum Gasteiger partial charge on any atom is -0.501 e. The molecule has 0 N–H and O–H groups in total. The van der Waals surface area contributed by atoms with Crippen molar-refractivity contribution in [2.45, 2.75) is 33.6 Å². The first-order chi connectivity index (χ1) is 4.62. The first kappa shape index (κ1) is 9.54. The Morgan fingerprint density at radius 2 is 2.10 bits per heavy atom. The van der Waals surface area contributed by atoms with E-state index in [1.807, 2.05) is 0 Å². The van der Waals surface area contributed by atoms with Crippen molar-refractivity contribution in [3.63, 3.8) is 0 Å². The lowest BCUT2D eigenvalue weighted by Gasteiger charge is -2.22. The van der Waals surface area contributed by atoms with Gasteiger partial charge in [0.15, 0.2) is 0 Å². The van der Waals surface area contributed by atoms with Crippen molar-refractivity contribution in [2.75, 3.05) is 6.61 Å². The zero-order chi connectivity index (χ0) is 8.04. The van der Waals surface area contributed by atoms with Crippen LogP contribution in [0.25, 0.3) is 0 Å². The van der Waals surface area contributed by atoms with Crippen LogP contribution in [0.2, 0.25) is 0 Å². The van der Waals surface area contributed by atoms with E-state index in [4.69, 9.17) is 4.74 Å². The molecule has 60 valence electrons. The topological polar surface area (TPSA) is 9.23 Å². The summed E-state index contributed by atoms with van der Waals surface area (Å²) in [5.74, 6) is 0. The SMILES string of the molecule is C=COCC(C)(C)CCC. The fourth-order valence-electron chi connectivity index (χ4n) is 1.03. The summed E-state index contributed by atoms with van der Waals surface area (Å²) in [5, 5.41) is 0. The third kappa shape index (κ3) is 4.42. The quantitative estimate of drug-likeness (QED) is 0.536. The van der Waals surface area contributed by atoms with Gasteiger partial charge in [0.1, 0.15) is 0 Å². The molecule has 0 radical (unpaired) electrons. The second-order valence-electron chi connectivity index (χ2n) is 3.39. The van der Waals surface area contributed by atoms with E-state index in [2.05, 4.69) is 27.4 Å². The van der Waals surface area contributed by atoms with Crippen molar-refractivity contribution in [3.05, 3.63) is 12.8 Å². The third-order valence-electron chi connectivity index (χ3n) is 1.52. The molecular weight excluding hydrogens is 124 g/mol. The maximum atomic E-state index is 5.11. The molecule has 1 heteroatoms. The first-order valence-electron chi connectivity index (χ1n) is 3.85. The Hall–Kier alpha value is -0.460. The smallest absolute Gasteiger partial charge is 0.0923 e. The highest BCUT2D eigenvalue weighted by molar-refractivity contribution is 4.68. The molecule has 0 aromatic rings. The van der Waals surface area contributed by atoms with Crippen LogP contribution in [0.3, 0.4) is 0 Å². The second-order valence-corrected chi connectivity index (χ2v) is 3.39. The van der Waals surface area contributed by atoms with E-state index in [9.17, 15) is 0 Å². The molecule has 0 atom stereocenters. The average molecular weight is 142 g/mol. The molecule has 0 aliphatic heterocycles. The van der Waals surface area contributed by atoms with Gasteiger partial charge in [-0.05, 0) is 11.8 Å². The van der Waals surface area contributed by atoms with E-state index in [0.29, 0.717) is 5.41 Å². The van der Waals surface area contributed by atoms with Gasteiger partial charge in [0.2, 0.25) is 0 Å². The molecule has 0 saturated carbocycles. The summed E-state index contributed by atoms with van der Waals surface area (Å²) in [7, 11) is 0. The molecule has 0 aliphatic rings. The van der Waals surface area contributed by atoms with Gasteiger partial charge in [-0.15, -0.1) is 0 Å².